The molecular formula is C23H22ClN5O. The molecule has 2 N–H and O–H groups in total. The molecule has 0 saturated carbocycles. The third-order valence-corrected chi connectivity index (χ3v) is 5.33. The summed E-state index contributed by atoms with van der Waals surface area (Å²) in [6.07, 6.45) is 5.10. The zero-order chi connectivity index (χ0) is 21.3. The smallest absolute Gasteiger partial charge is 0.270 e. The summed E-state index contributed by atoms with van der Waals surface area (Å²) in [6.45, 7) is 6.64. The summed E-state index contributed by atoms with van der Waals surface area (Å²) < 4.78 is 0. The van der Waals surface area contributed by atoms with Crippen LogP contribution in [0.3, 0.4) is 0 Å². The Morgan fingerprint density at radius 3 is 2.63 bits per heavy atom. The Morgan fingerprint density at radius 1 is 1.10 bits per heavy atom. The quantitative estimate of drug-likeness (QED) is 0.492. The van der Waals surface area contributed by atoms with Crippen LogP contribution >= 0.6 is 11.6 Å². The molecule has 152 valence electrons. The maximum Gasteiger partial charge on any atom is 0.270 e. The summed E-state index contributed by atoms with van der Waals surface area (Å²) >= 11 is 6.49. The molecule has 0 fully saturated rings. The minimum Gasteiger partial charge on any atom is -0.347 e. The molecule has 3 heterocycles. The summed E-state index contributed by atoms with van der Waals surface area (Å²) in [4.78, 5) is 28.4. The van der Waals surface area contributed by atoms with Crippen molar-refractivity contribution in [1.29, 1.82) is 0 Å². The number of aromatic amines is 1. The summed E-state index contributed by atoms with van der Waals surface area (Å²) in [7, 11) is 0. The van der Waals surface area contributed by atoms with Crippen molar-refractivity contribution < 1.29 is 4.79 Å². The molecule has 0 unspecified atom stereocenters. The number of carbonyl (C=O) groups excluding carboxylic acids is 1. The van der Waals surface area contributed by atoms with Crippen LogP contribution in [-0.4, -0.2) is 25.8 Å². The number of hydrogen-bond donors (Lipinski definition) is 2. The molecule has 0 aliphatic heterocycles. The summed E-state index contributed by atoms with van der Waals surface area (Å²) in [5.74, 6) is -0.236. The topological polar surface area (TPSA) is 83.6 Å². The van der Waals surface area contributed by atoms with Crippen LogP contribution < -0.4 is 5.32 Å². The van der Waals surface area contributed by atoms with Gasteiger partial charge in [-0.05, 0) is 34.7 Å². The lowest BCUT2D eigenvalue weighted by molar-refractivity contribution is 0.0946. The Hall–Kier alpha value is -3.25. The van der Waals surface area contributed by atoms with Crippen LogP contribution in [0.4, 0.5) is 0 Å². The minimum absolute atomic E-state index is 0.00702. The highest BCUT2D eigenvalue weighted by Gasteiger charge is 2.16. The number of nitrogens with one attached hydrogen (secondary N) is 2. The van der Waals surface area contributed by atoms with Crippen LogP contribution in [0.5, 0.6) is 0 Å². The van der Waals surface area contributed by atoms with Gasteiger partial charge in [0.2, 0.25) is 0 Å². The molecule has 3 aromatic heterocycles. The van der Waals surface area contributed by atoms with E-state index in [2.05, 4.69) is 46.0 Å². The molecule has 6 nitrogen and oxygen atoms in total. The van der Waals surface area contributed by atoms with Gasteiger partial charge in [0.05, 0.1) is 5.69 Å². The molecule has 4 rings (SSSR count). The van der Waals surface area contributed by atoms with E-state index in [1.165, 1.54) is 6.33 Å². The van der Waals surface area contributed by atoms with Crippen molar-refractivity contribution in [3.8, 4) is 11.3 Å². The summed E-state index contributed by atoms with van der Waals surface area (Å²) in [6, 6.07) is 11.3. The number of H-pyrrole nitrogens is 1. The third kappa shape index (κ3) is 4.04. The minimum atomic E-state index is -0.236. The lowest BCUT2D eigenvalue weighted by Crippen LogP contribution is -2.24. The number of nitrogens with zero attached hydrogens (tertiary/aromatic N) is 3. The predicted molar refractivity (Wildman–Crippen MR) is 118 cm³/mol. The van der Waals surface area contributed by atoms with E-state index in [1.54, 1.807) is 12.3 Å². The van der Waals surface area contributed by atoms with E-state index in [4.69, 9.17) is 11.6 Å². The number of rotatable bonds is 4. The maximum atomic E-state index is 12.5. The van der Waals surface area contributed by atoms with Crippen LogP contribution in [0.25, 0.3) is 22.3 Å². The first-order chi connectivity index (χ1) is 14.3. The van der Waals surface area contributed by atoms with Gasteiger partial charge in [-0.2, -0.15) is 0 Å². The van der Waals surface area contributed by atoms with Gasteiger partial charge in [0.15, 0.2) is 0 Å². The van der Waals surface area contributed by atoms with Gasteiger partial charge in [-0.3, -0.25) is 9.78 Å². The number of fused-ring (bicyclic) bond motifs is 1. The van der Waals surface area contributed by atoms with Gasteiger partial charge in [-0.1, -0.05) is 50.6 Å². The van der Waals surface area contributed by atoms with Gasteiger partial charge in [0, 0.05) is 34.9 Å². The Balaban J connectivity index is 1.48. The van der Waals surface area contributed by atoms with Gasteiger partial charge < -0.3 is 10.3 Å². The van der Waals surface area contributed by atoms with Crippen LogP contribution in [-0.2, 0) is 12.0 Å². The van der Waals surface area contributed by atoms with Gasteiger partial charge in [0.25, 0.3) is 5.91 Å². The average Bonchev–Trinajstić information content (AvgIpc) is 3.21. The van der Waals surface area contributed by atoms with Gasteiger partial charge in [-0.25, -0.2) is 9.97 Å². The Labute approximate surface area is 179 Å². The van der Waals surface area contributed by atoms with Crippen molar-refractivity contribution in [1.82, 2.24) is 25.3 Å². The van der Waals surface area contributed by atoms with Crippen LogP contribution in [0.2, 0.25) is 5.02 Å². The van der Waals surface area contributed by atoms with E-state index in [0.717, 1.165) is 33.4 Å². The van der Waals surface area contributed by atoms with Gasteiger partial charge in [0.1, 0.15) is 17.7 Å². The summed E-state index contributed by atoms with van der Waals surface area (Å²) in [5, 5.41) is 4.37. The molecule has 0 bridgehead atoms. The van der Waals surface area contributed by atoms with E-state index in [-0.39, 0.29) is 11.3 Å². The van der Waals surface area contributed by atoms with E-state index >= 15 is 0 Å². The van der Waals surface area contributed by atoms with E-state index in [9.17, 15) is 4.79 Å². The second-order valence-electron chi connectivity index (χ2n) is 8.13. The highest BCUT2D eigenvalue weighted by atomic mass is 35.5. The molecule has 1 amide bonds. The number of benzene rings is 1. The molecule has 7 heteroatoms. The first kappa shape index (κ1) is 20.0. The fourth-order valence-electron chi connectivity index (χ4n) is 3.18. The van der Waals surface area contributed by atoms with Crippen molar-refractivity contribution in [2.24, 2.45) is 0 Å². The van der Waals surface area contributed by atoms with Gasteiger partial charge >= 0.3 is 0 Å². The number of carbonyl (C=O) groups is 1. The molecule has 0 spiro atoms. The Morgan fingerprint density at radius 2 is 1.93 bits per heavy atom. The Kier molecular flexibility index (Phi) is 5.26. The lowest BCUT2D eigenvalue weighted by atomic mass is 9.88. The zero-order valence-electron chi connectivity index (χ0n) is 17.0. The maximum absolute atomic E-state index is 12.5. The molecule has 1 aromatic carbocycles. The fourth-order valence-corrected chi connectivity index (χ4v) is 3.43. The summed E-state index contributed by atoms with van der Waals surface area (Å²) in [5.41, 5.74) is 4.75. The second kappa shape index (κ2) is 7.88. The average molecular weight is 420 g/mol. The highest BCUT2D eigenvalue weighted by molar-refractivity contribution is 6.31. The van der Waals surface area contributed by atoms with Crippen molar-refractivity contribution in [3.05, 3.63) is 77.0 Å². The first-order valence-corrected chi connectivity index (χ1v) is 10.0. The van der Waals surface area contributed by atoms with Gasteiger partial charge in [-0.15, -0.1) is 0 Å². The number of hydrogen-bond acceptors (Lipinski definition) is 4. The largest absolute Gasteiger partial charge is 0.347 e. The van der Waals surface area contributed by atoms with E-state index in [1.807, 2.05) is 36.5 Å². The van der Waals surface area contributed by atoms with Crippen molar-refractivity contribution in [2.75, 3.05) is 0 Å². The van der Waals surface area contributed by atoms with E-state index < -0.39 is 0 Å². The van der Waals surface area contributed by atoms with Crippen LogP contribution in [0, 0.1) is 0 Å². The van der Waals surface area contributed by atoms with Crippen LogP contribution in [0.15, 0.2) is 55.1 Å². The normalized spacial score (nSPS) is 11.6. The molecular weight excluding hydrogens is 398 g/mol. The molecule has 0 aliphatic carbocycles. The number of aromatic nitrogens is 4. The number of pyridine rings is 1. The molecule has 0 aliphatic rings. The van der Waals surface area contributed by atoms with Crippen molar-refractivity contribution >= 4 is 28.5 Å². The Bertz CT molecular complexity index is 1210. The van der Waals surface area contributed by atoms with Crippen molar-refractivity contribution in [3.63, 3.8) is 0 Å². The number of amides is 1. The molecule has 30 heavy (non-hydrogen) atoms. The standard InChI is InChI=1S/C23H22ClN5O/c1-23(2,3)16-6-7-19(26-12-16)22(30)27-11-15-5-4-14(10-18(15)24)20-17-8-9-25-21(17)29-13-28-20/h4-10,12-13H,11H2,1-3H3,(H,27,30)(H,25,28,29). The second-order valence-corrected chi connectivity index (χ2v) is 8.54. The SMILES string of the molecule is CC(C)(C)c1ccc(C(=O)NCc2ccc(-c3ncnc4[nH]ccc34)cc2Cl)nc1. The predicted octanol–water partition coefficient (Wildman–Crippen LogP) is 4.90. The molecule has 0 saturated heterocycles. The zero-order valence-corrected chi connectivity index (χ0v) is 17.8. The molecule has 0 radical (unpaired) electrons. The molecule has 0 atom stereocenters. The molecule has 4 aromatic rings. The number of halogens is 1. The third-order valence-electron chi connectivity index (χ3n) is 4.98. The fraction of sp³-hybridized carbons (Fsp3) is 0.217. The van der Waals surface area contributed by atoms with Crippen LogP contribution in [0.1, 0.15) is 42.4 Å². The highest BCUT2D eigenvalue weighted by Crippen LogP contribution is 2.28. The lowest BCUT2D eigenvalue weighted by Gasteiger charge is -2.18. The monoisotopic (exact) mass is 419 g/mol. The van der Waals surface area contributed by atoms with Crippen molar-refractivity contribution in [2.45, 2.75) is 32.7 Å². The van der Waals surface area contributed by atoms with E-state index in [0.29, 0.717) is 17.3 Å². The first-order valence-electron chi connectivity index (χ1n) is 9.64.